The topological polar surface area (TPSA) is 14.1 Å². The number of hydrogen-bond donors (Lipinski definition) is 0. The number of pyridine rings is 1. The van der Waals surface area contributed by atoms with Crippen LogP contribution in [0, 0.1) is 13.8 Å². The molecule has 136 valence electrons. The van der Waals surface area contributed by atoms with E-state index in [2.05, 4.69) is 73.4 Å². The number of nitrogens with one attached hydrogen (secondary N) is 1. The first-order valence-corrected chi connectivity index (χ1v) is 26.6. The van der Waals surface area contributed by atoms with E-state index in [1.54, 1.807) is 0 Å². The molecule has 1 aromatic heterocycles. The summed E-state index contributed by atoms with van der Waals surface area (Å²) in [5.74, 6) is 0. The fourth-order valence-electron chi connectivity index (χ4n) is 2.39. The molecule has 25 heavy (non-hydrogen) atoms. The molecular formula is C17H16Cl6NSb. The Morgan fingerprint density at radius 3 is 1.88 bits per heavy atom. The molecule has 3 aromatic rings. The molecule has 2 aromatic carbocycles. The SMILES string of the molecule is Cc1ccc2[nH+]c(C)cc(-c3ccccc3)c2c1.[Cl][Sb-]([Cl])([Cl])([Cl])([Cl])[Cl]. The van der Waals surface area contributed by atoms with Crippen molar-refractivity contribution in [3.05, 3.63) is 65.9 Å². The number of hydrogen-bond acceptors (Lipinski definition) is 0. The van der Waals surface area contributed by atoms with Gasteiger partial charge < -0.3 is 0 Å². The van der Waals surface area contributed by atoms with Crippen LogP contribution in [0.5, 0.6) is 0 Å². The summed E-state index contributed by atoms with van der Waals surface area (Å²) in [6, 6.07) is 19.3. The Morgan fingerprint density at radius 2 is 1.32 bits per heavy atom. The summed E-state index contributed by atoms with van der Waals surface area (Å²) in [4.78, 5) is 3.43. The first-order chi connectivity index (χ1) is 11.2. The van der Waals surface area contributed by atoms with Crippen molar-refractivity contribution >= 4 is 73.0 Å². The van der Waals surface area contributed by atoms with E-state index in [1.807, 2.05) is 0 Å². The van der Waals surface area contributed by atoms with Gasteiger partial charge in [-0.25, -0.2) is 4.98 Å². The molecule has 0 aliphatic carbocycles. The molecule has 0 saturated carbocycles. The van der Waals surface area contributed by atoms with Gasteiger partial charge in [0.2, 0.25) is 5.52 Å². The minimum absolute atomic E-state index is 1.19. The second-order valence-corrected chi connectivity index (χ2v) is 62.6. The van der Waals surface area contributed by atoms with Gasteiger partial charge in [-0.15, -0.1) is 0 Å². The molecule has 0 spiro atoms. The average molecular weight is 569 g/mol. The van der Waals surface area contributed by atoms with Crippen molar-refractivity contribution in [1.82, 2.24) is 0 Å². The number of H-pyrrole nitrogens is 1. The third-order valence-corrected chi connectivity index (χ3v) is 3.24. The van der Waals surface area contributed by atoms with Gasteiger partial charge in [0.25, 0.3) is 0 Å². The number of aryl methyl sites for hydroxylation is 2. The quantitative estimate of drug-likeness (QED) is 0.267. The molecule has 0 saturated heterocycles. The monoisotopic (exact) mass is 565 g/mol. The maximum absolute atomic E-state index is 5.42. The van der Waals surface area contributed by atoms with Gasteiger partial charge in [-0.3, -0.25) is 0 Å². The Balaban J connectivity index is 0.000000277. The van der Waals surface area contributed by atoms with Crippen LogP contribution in [0.3, 0.4) is 0 Å². The standard InChI is InChI=1S/C17H15N.6ClH.Sb/c1-12-8-9-17-16(10-12)15(11-13(2)18-17)14-6-4-3-5-7-14;;;;;;;/h3-11H,1-2H3;6*1H;/q;;;;;;;+5/p-5. The Bertz CT molecular complexity index is 894. The fraction of sp³-hybridized carbons (Fsp3) is 0.118. The molecule has 0 fully saturated rings. The second-order valence-electron chi connectivity index (χ2n) is 5.74. The molecule has 8 heteroatoms. The van der Waals surface area contributed by atoms with Crippen LogP contribution in [0.15, 0.2) is 54.6 Å². The zero-order valence-corrected chi connectivity index (χ0v) is 20.5. The molecule has 1 heterocycles. The van der Waals surface area contributed by atoms with E-state index in [1.165, 1.54) is 33.3 Å². The van der Waals surface area contributed by atoms with Crippen LogP contribution in [0.25, 0.3) is 22.0 Å². The van der Waals surface area contributed by atoms with Crippen molar-refractivity contribution in [2.75, 3.05) is 0 Å². The van der Waals surface area contributed by atoms with Gasteiger partial charge in [-0.1, -0.05) is 42.0 Å². The average Bonchev–Trinajstić information content (AvgIpc) is 2.44. The Kier molecular flexibility index (Phi) is 6.16. The molecule has 0 aliphatic heterocycles. The molecule has 0 aliphatic rings. The van der Waals surface area contributed by atoms with E-state index in [9.17, 15) is 0 Å². The van der Waals surface area contributed by atoms with Crippen LogP contribution in [0.2, 0.25) is 0 Å². The normalized spacial score (nSPS) is 14.2. The number of aromatic nitrogens is 1. The molecule has 0 unspecified atom stereocenters. The van der Waals surface area contributed by atoms with E-state index in [-0.39, 0.29) is 0 Å². The summed E-state index contributed by atoms with van der Waals surface area (Å²) in [6.45, 7) is 4.24. The van der Waals surface area contributed by atoms with Gasteiger partial charge in [-0.2, -0.15) is 0 Å². The van der Waals surface area contributed by atoms with Crippen LogP contribution in [0.4, 0.5) is 0 Å². The van der Waals surface area contributed by atoms with E-state index < -0.39 is 9.14 Å². The fourth-order valence-corrected chi connectivity index (χ4v) is 2.39. The number of fused-ring (bicyclic) bond motifs is 1. The predicted molar refractivity (Wildman–Crippen MR) is 116 cm³/mol. The Labute approximate surface area is 167 Å². The van der Waals surface area contributed by atoms with E-state index in [0.717, 1.165) is 0 Å². The zero-order valence-electron chi connectivity index (χ0n) is 13.4. The Morgan fingerprint density at radius 1 is 0.760 bits per heavy atom. The third-order valence-electron chi connectivity index (χ3n) is 3.24. The summed E-state index contributed by atoms with van der Waals surface area (Å²) in [5.41, 5.74) is 6.23. The first-order valence-electron chi connectivity index (χ1n) is 7.24. The van der Waals surface area contributed by atoms with Gasteiger partial charge >= 0.3 is 62.1 Å². The third kappa shape index (κ3) is 8.76. The molecule has 0 amide bonds. The van der Waals surface area contributed by atoms with Crippen molar-refractivity contribution in [2.45, 2.75) is 13.8 Å². The van der Waals surface area contributed by atoms with E-state index in [4.69, 9.17) is 53.0 Å². The summed E-state index contributed by atoms with van der Waals surface area (Å²) in [7, 11) is 25.0. The van der Waals surface area contributed by atoms with Gasteiger partial charge in [0, 0.05) is 24.6 Å². The van der Waals surface area contributed by atoms with Crippen molar-refractivity contribution in [3.8, 4) is 11.1 Å². The Hall–Kier alpha value is 0.408. The first kappa shape index (κ1) is 21.7. The van der Waals surface area contributed by atoms with Gasteiger partial charge in [-0.05, 0) is 18.6 Å². The van der Waals surface area contributed by atoms with E-state index >= 15 is 0 Å². The van der Waals surface area contributed by atoms with E-state index in [0.29, 0.717) is 0 Å². The van der Waals surface area contributed by atoms with Crippen molar-refractivity contribution in [3.63, 3.8) is 0 Å². The van der Waals surface area contributed by atoms with Crippen molar-refractivity contribution < 1.29 is 4.98 Å². The number of aromatic amines is 1. The van der Waals surface area contributed by atoms with Gasteiger partial charge in [0.05, 0.1) is 5.39 Å². The summed E-state index contributed by atoms with van der Waals surface area (Å²) < 4.78 is 0. The van der Waals surface area contributed by atoms with Crippen LogP contribution >= 0.6 is 53.0 Å². The summed E-state index contributed by atoms with van der Waals surface area (Å²) >= 11 is 0. The van der Waals surface area contributed by atoms with Crippen LogP contribution < -0.4 is 4.98 Å². The number of rotatable bonds is 1. The maximum atomic E-state index is 5.06. The van der Waals surface area contributed by atoms with Crippen LogP contribution in [-0.2, 0) is 0 Å². The van der Waals surface area contributed by atoms with Gasteiger partial charge in [0.1, 0.15) is 0 Å². The summed E-state index contributed by atoms with van der Waals surface area (Å²) in [6.07, 6.45) is 0. The van der Waals surface area contributed by atoms with Crippen molar-refractivity contribution in [2.24, 2.45) is 0 Å². The predicted octanol–water partition coefficient (Wildman–Crippen LogP) is 7.69. The summed E-state index contributed by atoms with van der Waals surface area (Å²) in [5, 5.41) is 1.28. The number of halogens is 6. The molecule has 1 N–H and O–H groups in total. The second kappa shape index (κ2) is 7.10. The molecular weight excluding hydrogens is 553 g/mol. The van der Waals surface area contributed by atoms with Crippen LogP contribution in [0.1, 0.15) is 11.3 Å². The van der Waals surface area contributed by atoms with Gasteiger partial charge in [0.15, 0.2) is 5.69 Å². The van der Waals surface area contributed by atoms with Crippen LogP contribution in [-0.4, -0.2) is 9.14 Å². The zero-order chi connectivity index (χ0) is 18.9. The molecule has 0 atom stereocenters. The number of benzene rings is 2. The molecule has 3 rings (SSSR count). The molecule has 1 nitrogen and oxygen atoms in total. The molecule has 0 radical (unpaired) electrons. The van der Waals surface area contributed by atoms with Crippen molar-refractivity contribution in [1.29, 1.82) is 0 Å². The minimum atomic E-state index is -5.42. The molecule has 0 bridgehead atoms.